The highest BCUT2D eigenvalue weighted by molar-refractivity contribution is 5.80. The molecule has 0 aromatic carbocycles. The zero-order chi connectivity index (χ0) is 20.9. The fraction of sp³-hybridized carbons (Fsp3) is 0.714. The number of unbranched alkanes of at least 4 members (excludes halogenated alkanes) is 1. The summed E-state index contributed by atoms with van der Waals surface area (Å²) in [4.78, 5) is 20.8. The Balaban J connectivity index is 1.56. The van der Waals surface area contributed by atoms with Crippen molar-refractivity contribution in [3.8, 4) is 0 Å². The molecule has 2 aliphatic heterocycles. The molecule has 0 bridgehead atoms. The van der Waals surface area contributed by atoms with Gasteiger partial charge in [0.1, 0.15) is 5.82 Å². The maximum atomic E-state index is 13.3. The van der Waals surface area contributed by atoms with Gasteiger partial charge in [0.25, 0.3) is 0 Å². The maximum Gasteiger partial charge on any atom is 0.419 e. The Bertz CT molecular complexity index is 674. The maximum absolute atomic E-state index is 13.3. The van der Waals surface area contributed by atoms with Crippen molar-refractivity contribution in [3.05, 3.63) is 23.9 Å². The number of pyridine rings is 1. The average Bonchev–Trinajstić information content (AvgIpc) is 2.73. The largest absolute Gasteiger partial charge is 0.419 e. The Morgan fingerprint density at radius 3 is 2.69 bits per heavy atom. The third kappa shape index (κ3) is 5.84. The quantitative estimate of drug-likeness (QED) is 0.774. The van der Waals surface area contributed by atoms with Crippen LogP contribution in [0.25, 0.3) is 0 Å². The van der Waals surface area contributed by atoms with Crippen LogP contribution in [0.2, 0.25) is 0 Å². The van der Waals surface area contributed by atoms with E-state index in [1.165, 1.54) is 25.1 Å². The molecule has 1 aromatic rings. The summed E-state index contributed by atoms with van der Waals surface area (Å²) in [7, 11) is 0. The van der Waals surface area contributed by atoms with E-state index in [-0.39, 0.29) is 30.2 Å². The molecule has 3 rings (SSSR count). The summed E-state index contributed by atoms with van der Waals surface area (Å²) >= 11 is 0. The topological polar surface area (TPSA) is 48.5 Å². The van der Waals surface area contributed by atoms with Crippen LogP contribution in [0.5, 0.6) is 0 Å². The van der Waals surface area contributed by atoms with Crippen molar-refractivity contribution in [1.82, 2.24) is 15.2 Å². The summed E-state index contributed by atoms with van der Waals surface area (Å²) in [5.74, 6) is -0.405. The van der Waals surface area contributed by atoms with Crippen molar-refractivity contribution >= 4 is 11.7 Å². The number of hydrogen-bond acceptors (Lipinski definition) is 4. The molecule has 3 heterocycles. The van der Waals surface area contributed by atoms with Crippen LogP contribution in [0.3, 0.4) is 0 Å². The molecule has 0 unspecified atom stereocenters. The predicted octanol–water partition coefficient (Wildman–Crippen LogP) is 3.70. The summed E-state index contributed by atoms with van der Waals surface area (Å²) < 4.78 is 40.0. The van der Waals surface area contributed by atoms with E-state index in [2.05, 4.69) is 22.1 Å². The van der Waals surface area contributed by atoms with E-state index in [0.29, 0.717) is 19.4 Å². The number of carbonyl (C=O) groups excluding carboxylic acids is 1. The van der Waals surface area contributed by atoms with Crippen LogP contribution in [0, 0.1) is 5.92 Å². The van der Waals surface area contributed by atoms with Crippen LogP contribution in [0.15, 0.2) is 18.3 Å². The van der Waals surface area contributed by atoms with Gasteiger partial charge in [-0.2, -0.15) is 13.2 Å². The standard InChI is InChI=1S/C21H31F3N4O/c1-2-3-11-27-13-8-17(9-14-27)26-20(29)16-6-5-12-28(15-16)19-18(21(22,23)24)7-4-10-25-19/h4,7,10,16-17H,2-3,5-6,8-9,11-15H2,1H3,(H,26,29)/t16-/m0/s1. The molecule has 0 saturated carbocycles. The van der Waals surface area contributed by atoms with Crippen molar-refractivity contribution in [2.24, 2.45) is 5.92 Å². The average molecular weight is 413 g/mol. The highest BCUT2D eigenvalue weighted by atomic mass is 19.4. The second kappa shape index (κ2) is 9.78. The minimum Gasteiger partial charge on any atom is -0.355 e. The number of anilines is 1. The number of piperidine rings is 2. The summed E-state index contributed by atoms with van der Waals surface area (Å²) in [5, 5.41) is 3.15. The number of amides is 1. The lowest BCUT2D eigenvalue weighted by Crippen LogP contribution is -2.49. The van der Waals surface area contributed by atoms with Gasteiger partial charge in [0.15, 0.2) is 0 Å². The fourth-order valence-corrected chi connectivity index (χ4v) is 4.26. The monoisotopic (exact) mass is 412 g/mol. The molecule has 8 heteroatoms. The first-order valence-corrected chi connectivity index (χ1v) is 10.7. The van der Waals surface area contributed by atoms with Gasteiger partial charge in [-0.3, -0.25) is 4.79 Å². The van der Waals surface area contributed by atoms with Gasteiger partial charge in [-0.15, -0.1) is 0 Å². The highest BCUT2D eigenvalue weighted by Crippen LogP contribution is 2.36. The van der Waals surface area contributed by atoms with Crippen molar-refractivity contribution < 1.29 is 18.0 Å². The molecule has 1 N–H and O–H groups in total. The van der Waals surface area contributed by atoms with Crippen molar-refractivity contribution in [1.29, 1.82) is 0 Å². The van der Waals surface area contributed by atoms with Crippen LogP contribution in [-0.4, -0.2) is 54.6 Å². The molecule has 0 radical (unpaired) electrons. The number of likely N-dealkylation sites (tertiary alicyclic amines) is 1. The second-order valence-electron chi connectivity index (χ2n) is 8.14. The first-order chi connectivity index (χ1) is 13.9. The summed E-state index contributed by atoms with van der Waals surface area (Å²) in [6, 6.07) is 2.52. The Kier molecular flexibility index (Phi) is 7.38. The number of halogens is 3. The van der Waals surface area contributed by atoms with Crippen LogP contribution in [0.4, 0.5) is 19.0 Å². The second-order valence-corrected chi connectivity index (χ2v) is 8.14. The van der Waals surface area contributed by atoms with E-state index in [0.717, 1.165) is 38.5 Å². The Morgan fingerprint density at radius 1 is 1.24 bits per heavy atom. The molecule has 1 aromatic heterocycles. The molecule has 2 fully saturated rings. The molecule has 29 heavy (non-hydrogen) atoms. The van der Waals surface area contributed by atoms with Crippen LogP contribution >= 0.6 is 0 Å². The molecular formula is C21H31F3N4O. The van der Waals surface area contributed by atoms with Crippen molar-refractivity contribution in [2.75, 3.05) is 37.6 Å². The normalized spacial score (nSPS) is 21.9. The number of rotatable bonds is 6. The molecule has 162 valence electrons. The summed E-state index contributed by atoms with van der Waals surface area (Å²) in [6.07, 6.45) is 2.55. The van der Waals surface area contributed by atoms with Crippen LogP contribution in [0.1, 0.15) is 51.0 Å². The fourth-order valence-electron chi connectivity index (χ4n) is 4.26. The van der Waals surface area contributed by atoms with Crippen LogP contribution < -0.4 is 10.2 Å². The molecule has 0 aliphatic carbocycles. The summed E-state index contributed by atoms with van der Waals surface area (Å²) in [6.45, 7) is 6.04. The van der Waals surface area contributed by atoms with Crippen molar-refractivity contribution in [3.63, 3.8) is 0 Å². The molecule has 1 atom stereocenters. The Hall–Kier alpha value is -1.83. The Morgan fingerprint density at radius 2 is 2.00 bits per heavy atom. The van der Waals surface area contributed by atoms with Gasteiger partial charge in [-0.05, 0) is 50.8 Å². The zero-order valence-corrected chi connectivity index (χ0v) is 17.0. The first-order valence-electron chi connectivity index (χ1n) is 10.7. The lowest BCUT2D eigenvalue weighted by atomic mass is 9.95. The number of nitrogens with one attached hydrogen (secondary N) is 1. The molecular weight excluding hydrogens is 381 g/mol. The number of hydrogen-bond donors (Lipinski definition) is 1. The van der Waals surface area contributed by atoms with Gasteiger partial charge < -0.3 is 15.1 Å². The minimum absolute atomic E-state index is 0.0359. The molecule has 1 amide bonds. The number of alkyl halides is 3. The van der Waals surface area contributed by atoms with E-state index in [9.17, 15) is 18.0 Å². The number of aromatic nitrogens is 1. The van der Waals surface area contributed by atoms with E-state index in [1.54, 1.807) is 4.90 Å². The SMILES string of the molecule is CCCCN1CCC(NC(=O)[C@H]2CCCN(c3ncccc3C(F)(F)F)C2)CC1. The smallest absolute Gasteiger partial charge is 0.355 e. The highest BCUT2D eigenvalue weighted by Gasteiger charge is 2.37. The molecule has 5 nitrogen and oxygen atoms in total. The zero-order valence-electron chi connectivity index (χ0n) is 17.0. The lowest BCUT2D eigenvalue weighted by Gasteiger charge is -2.36. The third-order valence-electron chi connectivity index (χ3n) is 5.95. The van der Waals surface area contributed by atoms with E-state index < -0.39 is 11.7 Å². The van der Waals surface area contributed by atoms with E-state index in [1.807, 2.05) is 0 Å². The predicted molar refractivity (Wildman–Crippen MR) is 107 cm³/mol. The molecule has 2 saturated heterocycles. The van der Waals surface area contributed by atoms with Gasteiger partial charge in [0.2, 0.25) is 5.91 Å². The lowest BCUT2D eigenvalue weighted by molar-refractivity contribution is -0.137. The summed E-state index contributed by atoms with van der Waals surface area (Å²) in [5.41, 5.74) is -0.736. The van der Waals surface area contributed by atoms with Gasteiger partial charge in [-0.25, -0.2) is 4.98 Å². The number of carbonyl (C=O) groups is 1. The van der Waals surface area contributed by atoms with Gasteiger partial charge in [-0.1, -0.05) is 13.3 Å². The first kappa shape index (κ1) is 21.9. The van der Waals surface area contributed by atoms with Gasteiger partial charge in [0.05, 0.1) is 11.5 Å². The van der Waals surface area contributed by atoms with Crippen molar-refractivity contribution in [2.45, 2.75) is 57.7 Å². The van der Waals surface area contributed by atoms with Gasteiger partial charge >= 0.3 is 6.18 Å². The molecule has 0 spiro atoms. The van der Waals surface area contributed by atoms with E-state index in [4.69, 9.17) is 0 Å². The minimum atomic E-state index is -4.45. The van der Waals surface area contributed by atoms with Crippen LogP contribution in [-0.2, 0) is 11.0 Å². The number of nitrogens with zero attached hydrogens (tertiary/aromatic N) is 3. The van der Waals surface area contributed by atoms with Gasteiger partial charge in [0, 0.05) is 38.4 Å². The molecule has 2 aliphatic rings. The van der Waals surface area contributed by atoms with E-state index >= 15 is 0 Å². The third-order valence-corrected chi connectivity index (χ3v) is 5.95. The Labute approximate surface area is 170 Å².